The molecule has 2 amide bonds. The summed E-state index contributed by atoms with van der Waals surface area (Å²) < 4.78 is 1.81. The number of rotatable bonds is 3. The molecule has 0 atom stereocenters. The Kier molecular flexibility index (Phi) is 3.93. The lowest BCUT2D eigenvalue weighted by Gasteiger charge is -2.45. The topological polar surface area (TPSA) is 58.4 Å². The Morgan fingerprint density at radius 3 is 2.23 bits per heavy atom. The van der Waals surface area contributed by atoms with Gasteiger partial charge in [-0.25, -0.2) is 0 Å². The van der Waals surface area contributed by atoms with Gasteiger partial charge < -0.3 is 9.80 Å². The van der Waals surface area contributed by atoms with Gasteiger partial charge in [0.1, 0.15) is 5.54 Å². The summed E-state index contributed by atoms with van der Waals surface area (Å²) >= 11 is 0. The smallest absolute Gasteiger partial charge is 0.250 e. The molecule has 2 aliphatic rings. The second kappa shape index (κ2) is 5.74. The molecule has 2 saturated heterocycles. The van der Waals surface area contributed by atoms with Crippen molar-refractivity contribution in [3.63, 3.8) is 0 Å². The van der Waals surface area contributed by atoms with Gasteiger partial charge in [0.15, 0.2) is 0 Å². The number of amides is 2. The van der Waals surface area contributed by atoms with E-state index in [1.807, 2.05) is 40.6 Å². The Hall–Kier alpha value is -1.85. The summed E-state index contributed by atoms with van der Waals surface area (Å²) in [7, 11) is 0. The molecule has 0 aromatic carbocycles. The van der Waals surface area contributed by atoms with Crippen LogP contribution in [0.4, 0.5) is 0 Å². The Bertz CT molecular complexity index is 541. The van der Waals surface area contributed by atoms with Crippen LogP contribution < -0.4 is 0 Å². The zero-order valence-electron chi connectivity index (χ0n) is 13.4. The molecule has 3 rings (SSSR count). The third-order valence-electron chi connectivity index (χ3n) is 4.88. The average molecular weight is 304 g/mol. The SMILES string of the molecule is CC(C)C(=O)N1CCC(C(=O)N2CCC2)(n2cccn2)CC1. The summed E-state index contributed by atoms with van der Waals surface area (Å²) in [5.74, 6) is 0.341. The number of carbonyl (C=O) groups excluding carboxylic acids is 2. The van der Waals surface area contributed by atoms with E-state index >= 15 is 0 Å². The van der Waals surface area contributed by atoms with Crippen molar-refractivity contribution in [1.29, 1.82) is 0 Å². The predicted molar refractivity (Wildman–Crippen MR) is 82.1 cm³/mol. The fraction of sp³-hybridized carbons (Fsp3) is 0.688. The number of carbonyl (C=O) groups is 2. The lowest BCUT2D eigenvalue weighted by Crippen LogP contribution is -2.59. The van der Waals surface area contributed by atoms with Gasteiger partial charge >= 0.3 is 0 Å². The standard InChI is InChI=1S/C16H24N4O2/c1-13(2)14(21)18-11-5-16(6-12-18,20-10-3-7-17-20)15(22)19-8-4-9-19/h3,7,10,13H,4-6,8-9,11-12H2,1-2H3. The van der Waals surface area contributed by atoms with Crippen molar-refractivity contribution in [2.45, 2.75) is 38.6 Å². The van der Waals surface area contributed by atoms with Crippen LogP contribution in [0.5, 0.6) is 0 Å². The summed E-state index contributed by atoms with van der Waals surface area (Å²) in [6.45, 7) is 6.77. The highest BCUT2D eigenvalue weighted by Gasteiger charge is 2.47. The molecule has 120 valence electrons. The number of nitrogens with zero attached hydrogens (tertiary/aromatic N) is 4. The number of aromatic nitrogens is 2. The van der Waals surface area contributed by atoms with E-state index in [2.05, 4.69) is 5.10 Å². The van der Waals surface area contributed by atoms with Gasteiger partial charge in [-0.3, -0.25) is 14.3 Å². The third-order valence-corrected chi connectivity index (χ3v) is 4.88. The third kappa shape index (κ3) is 2.40. The Labute approximate surface area is 131 Å². The van der Waals surface area contributed by atoms with Crippen molar-refractivity contribution in [2.24, 2.45) is 5.92 Å². The quantitative estimate of drug-likeness (QED) is 0.840. The minimum atomic E-state index is -0.613. The molecule has 1 aromatic rings. The van der Waals surface area contributed by atoms with Crippen molar-refractivity contribution in [1.82, 2.24) is 19.6 Å². The van der Waals surface area contributed by atoms with E-state index in [0.717, 1.165) is 19.5 Å². The van der Waals surface area contributed by atoms with Crippen LogP contribution in [-0.4, -0.2) is 57.6 Å². The Morgan fingerprint density at radius 2 is 1.77 bits per heavy atom. The van der Waals surface area contributed by atoms with Gasteiger partial charge in [-0.2, -0.15) is 5.10 Å². The van der Waals surface area contributed by atoms with Crippen molar-refractivity contribution in [3.05, 3.63) is 18.5 Å². The highest BCUT2D eigenvalue weighted by Crippen LogP contribution is 2.33. The molecule has 6 nitrogen and oxygen atoms in total. The maximum absolute atomic E-state index is 13.0. The summed E-state index contributed by atoms with van der Waals surface area (Å²) in [5.41, 5.74) is -0.613. The molecular weight excluding hydrogens is 280 g/mol. The summed E-state index contributed by atoms with van der Waals surface area (Å²) in [6.07, 6.45) is 5.96. The van der Waals surface area contributed by atoms with Crippen molar-refractivity contribution < 1.29 is 9.59 Å². The Balaban J connectivity index is 1.80. The molecule has 0 spiro atoms. The molecular formula is C16H24N4O2. The van der Waals surface area contributed by atoms with Crippen molar-refractivity contribution in [3.8, 4) is 0 Å². The number of piperidine rings is 1. The molecule has 0 unspecified atom stereocenters. The highest BCUT2D eigenvalue weighted by atomic mass is 16.2. The second-order valence-electron chi connectivity index (χ2n) is 6.61. The normalized spacial score (nSPS) is 20.9. The molecule has 1 aromatic heterocycles. The fourth-order valence-corrected chi connectivity index (χ4v) is 3.34. The molecule has 0 N–H and O–H groups in total. The summed E-state index contributed by atoms with van der Waals surface area (Å²) in [4.78, 5) is 29.0. The number of hydrogen-bond donors (Lipinski definition) is 0. The fourth-order valence-electron chi connectivity index (χ4n) is 3.34. The summed E-state index contributed by atoms with van der Waals surface area (Å²) in [5, 5.41) is 4.34. The monoisotopic (exact) mass is 304 g/mol. The molecule has 2 aliphatic heterocycles. The van der Waals surface area contributed by atoms with Crippen LogP contribution in [0.25, 0.3) is 0 Å². The van der Waals surface area contributed by atoms with Gasteiger partial charge in [0.05, 0.1) is 0 Å². The van der Waals surface area contributed by atoms with E-state index in [-0.39, 0.29) is 17.7 Å². The van der Waals surface area contributed by atoms with Crippen LogP contribution in [0.3, 0.4) is 0 Å². The minimum absolute atomic E-state index is 0.00304. The van der Waals surface area contributed by atoms with Gasteiger partial charge in [0.2, 0.25) is 5.91 Å². The van der Waals surface area contributed by atoms with Gasteiger partial charge in [0, 0.05) is 44.5 Å². The summed E-state index contributed by atoms with van der Waals surface area (Å²) in [6, 6.07) is 1.86. The lowest BCUT2D eigenvalue weighted by atomic mass is 9.84. The molecule has 2 fully saturated rings. The van der Waals surface area contributed by atoms with Gasteiger partial charge in [-0.1, -0.05) is 13.8 Å². The lowest BCUT2D eigenvalue weighted by molar-refractivity contribution is -0.151. The molecule has 0 radical (unpaired) electrons. The van der Waals surface area contributed by atoms with E-state index in [9.17, 15) is 9.59 Å². The van der Waals surface area contributed by atoms with Crippen LogP contribution in [0.1, 0.15) is 33.1 Å². The van der Waals surface area contributed by atoms with Crippen LogP contribution in [-0.2, 0) is 15.1 Å². The first-order valence-corrected chi connectivity index (χ1v) is 8.13. The van der Waals surface area contributed by atoms with Gasteiger partial charge in [0.25, 0.3) is 5.91 Å². The van der Waals surface area contributed by atoms with E-state index < -0.39 is 5.54 Å². The average Bonchev–Trinajstić information content (AvgIpc) is 2.99. The van der Waals surface area contributed by atoms with E-state index in [4.69, 9.17) is 0 Å². The molecule has 0 aliphatic carbocycles. The zero-order chi connectivity index (χ0) is 15.7. The molecule has 6 heteroatoms. The molecule has 3 heterocycles. The zero-order valence-corrected chi connectivity index (χ0v) is 13.4. The minimum Gasteiger partial charge on any atom is -0.342 e. The number of likely N-dealkylation sites (tertiary alicyclic amines) is 2. The predicted octanol–water partition coefficient (Wildman–Crippen LogP) is 1.09. The van der Waals surface area contributed by atoms with E-state index in [1.54, 1.807) is 6.20 Å². The van der Waals surface area contributed by atoms with Gasteiger partial charge in [-0.05, 0) is 25.3 Å². The van der Waals surface area contributed by atoms with Crippen LogP contribution in [0.15, 0.2) is 18.5 Å². The van der Waals surface area contributed by atoms with Crippen LogP contribution in [0.2, 0.25) is 0 Å². The second-order valence-corrected chi connectivity index (χ2v) is 6.61. The first kappa shape index (κ1) is 15.1. The Morgan fingerprint density at radius 1 is 1.09 bits per heavy atom. The number of hydrogen-bond acceptors (Lipinski definition) is 3. The van der Waals surface area contributed by atoms with E-state index in [0.29, 0.717) is 25.9 Å². The van der Waals surface area contributed by atoms with Crippen molar-refractivity contribution in [2.75, 3.05) is 26.2 Å². The van der Waals surface area contributed by atoms with E-state index in [1.165, 1.54) is 0 Å². The van der Waals surface area contributed by atoms with Crippen LogP contribution >= 0.6 is 0 Å². The van der Waals surface area contributed by atoms with Crippen LogP contribution in [0, 0.1) is 5.92 Å². The maximum atomic E-state index is 13.0. The van der Waals surface area contributed by atoms with Crippen molar-refractivity contribution >= 4 is 11.8 Å². The molecule has 0 bridgehead atoms. The first-order valence-electron chi connectivity index (χ1n) is 8.13. The van der Waals surface area contributed by atoms with Gasteiger partial charge in [-0.15, -0.1) is 0 Å². The largest absolute Gasteiger partial charge is 0.342 e. The molecule has 22 heavy (non-hydrogen) atoms. The molecule has 0 saturated carbocycles. The first-order chi connectivity index (χ1) is 10.5. The maximum Gasteiger partial charge on any atom is 0.250 e. The highest BCUT2D eigenvalue weighted by molar-refractivity contribution is 5.86.